The van der Waals surface area contributed by atoms with Gasteiger partial charge in [-0.15, -0.1) is 0 Å². The maximum absolute atomic E-state index is 12.5. The van der Waals surface area contributed by atoms with E-state index in [2.05, 4.69) is 0 Å². The van der Waals surface area contributed by atoms with E-state index in [-0.39, 0.29) is 22.6 Å². The van der Waals surface area contributed by atoms with Crippen LogP contribution in [0.4, 0.5) is 0 Å². The first-order valence-corrected chi connectivity index (χ1v) is 8.97. The molecule has 0 saturated carbocycles. The number of rotatable bonds is 5. The number of benzene rings is 1. The summed E-state index contributed by atoms with van der Waals surface area (Å²) in [7, 11) is -3.42. The first-order valence-electron chi connectivity index (χ1n) is 7.32. The van der Waals surface area contributed by atoms with Gasteiger partial charge in [0, 0.05) is 18.5 Å². The van der Waals surface area contributed by atoms with E-state index in [1.54, 1.807) is 18.2 Å². The third-order valence-corrected chi connectivity index (χ3v) is 5.66. The van der Waals surface area contributed by atoms with Gasteiger partial charge in [-0.2, -0.15) is 0 Å². The zero-order valence-electron chi connectivity index (χ0n) is 12.5. The highest BCUT2D eigenvalue weighted by molar-refractivity contribution is 7.91. The fourth-order valence-electron chi connectivity index (χ4n) is 2.15. The largest absolute Gasteiger partial charge is 0.490 e. The summed E-state index contributed by atoms with van der Waals surface area (Å²) in [6.45, 7) is 5.08. The molecular weight excluding hydrogens is 290 g/mol. The topological polar surface area (TPSA) is 78.6 Å². The number of hydrogen-bond donors (Lipinski definition) is 1. The highest BCUT2D eigenvalue weighted by atomic mass is 32.2. The number of hydrogen-bond acceptors (Lipinski definition) is 5. The summed E-state index contributed by atoms with van der Waals surface area (Å²) in [6.07, 6.45) is 1.65. The molecule has 118 valence electrons. The van der Waals surface area contributed by atoms with Gasteiger partial charge < -0.3 is 15.2 Å². The van der Waals surface area contributed by atoms with Crippen molar-refractivity contribution in [3.8, 4) is 11.5 Å². The molecule has 0 aromatic heterocycles. The minimum atomic E-state index is -3.42. The summed E-state index contributed by atoms with van der Waals surface area (Å²) in [5.41, 5.74) is 5.98. The van der Waals surface area contributed by atoms with Crippen molar-refractivity contribution in [2.45, 2.75) is 37.6 Å². The van der Waals surface area contributed by atoms with Crippen molar-refractivity contribution in [3.63, 3.8) is 0 Å². The van der Waals surface area contributed by atoms with E-state index in [4.69, 9.17) is 15.2 Å². The Bertz CT molecular complexity index is 585. The average Bonchev–Trinajstić information content (AvgIpc) is 2.70. The van der Waals surface area contributed by atoms with Crippen molar-refractivity contribution >= 4 is 9.84 Å². The standard InChI is InChI=1S/C15H23NO4S/c1-3-11(2)13(16)10-21(17,18)12-5-6-14-15(9-12)20-8-4-7-19-14/h5-6,9,11,13H,3-4,7-8,10,16H2,1-2H3. The molecule has 21 heavy (non-hydrogen) atoms. The van der Waals surface area contributed by atoms with Crippen molar-refractivity contribution in [1.29, 1.82) is 0 Å². The van der Waals surface area contributed by atoms with E-state index in [1.165, 1.54) is 0 Å². The highest BCUT2D eigenvalue weighted by Crippen LogP contribution is 2.32. The van der Waals surface area contributed by atoms with Crippen LogP contribution in [-0.4, -0.2) is 33.4 Å². The molecule has 0 saturated heterocycles. The monoisotopic (exact) mass is 313 g/mol. The lowest BCUT2D eigenvalue weighted by Crippen LogP contribution is -2.35. The summed E-state index contributed by atoms with van der Waals surface area (Å²) in [5, 5.41) is 0. The van der Waals surface area contributed by atoms with Crippen LogP contribution in [0, 0.1) is 5.92 Å². The zero-order valence-corrected chi connectivity index (χ0v) is 13.4. The van der Waals surface area contributed by atoms with Gasteiger partial charge in [0.25, 0.3) is 0 Å². The van der Waals surface area contributed by atoms with Crippen molar-refractivity contribution in [3.05, 3.63) is 18.2 Å². The quantitative estimate of drug-likeness (QED) is 0.899. The average molecular weight is 313 g/mol. The third kappa shape index (κ3) is 3.89. The molecule has 0 bridgehead atoms. The van der Waals surface area contributed by atoms with Crippen molar-refractivity contribution in [2.24, 2.45) is 11.7 Å². The summed E-state index contributed by atoms with van der Waals surface area (Å²) in [6, 6.07) is 4.39. The van der Waals surface area contributed by atoms with Gasteiger partial charge in [0.2, 0.25) is 0 Å². The molecule has 2 rings (SSSR count). The van der Waals surface area contributed by atoms with Crippen LogP contribution in [0.1, 0.15) is 26.7 Å². The number of fused-ring (bicyclic) bond motifs is 1. The molecular formula is C15H23NO4S. The molecule has 5 nitrogen and oxygen atoms in total. The molecule has 0 radical (unpaired) electrons. The Labute approximate surface area is 126 Å². The molecule has 0 fully saturated rings. The fourth-order valence-corrected chi connectivity index (χ4v) is 3.74. The Morgan fingerprint density at radius 2 is 1.90 bits per heavy atom. The van der Waals surface area contributed by atoms with Gasteiger partial charge >= 0.3 is 0 Å². The van der Waals surface area contributed by atoms with Gasteiger partial charge in [0.15, 0.2) is 21.3 Å². The Morgan fingerprint density at radius 1 is 1.24 bits per heavy atom. The molecule has 1 aromatic rings. The van der Waals surface area contributed by atoms with Gasteiger partial charge in [-0.05, 0) is 18.1 Å². The van der Waals surface area contributed by atoms with Crippen LogP contribution < -0.4 is 15.2 Å². The van der Waals surface area contributed by atoms with E-state index >= 15 is 0 Å². The van der Waals surface area contributed by atoms with Gasteiger partial charge in [0.05, 0.1) is 23.9 Å². The van der Waals surface area contributed by atoms with Crippen molar-refractivity contribution in [1.82, 2.24) is 0 Å². The Morgan fingerprint density at radius 3 is 2.57 bits per heavy atom. The second-order valence-corrected chi connectivity index (χ2v) is 7.52. The van der Waals surface area contributed by atoms with E-state index in [0.717, 1.165) is 12.8 Å². The minimum Gasteiger partial charge on any atom is -0.490 e. The minimum absolute atomic E-state index is 0.0539. The predicted octanol–water partition coefficient (Wildman–Crippen LogP) is 2.00. The lowest BCUT2D eigenvalue weighted by molar-refractivity contribution is 0.297. The second kappa shape index (κ2) is 6.66. The van der Waals surface area contributed by atoms with Crippen LogP contribution in [0.25, 0.3) is 0 Å². The van der Waals surface area contributed by atoms with Crippen molar-refractivity contribution < 1.29 is 17.9 Å². The zero-order chi connectivity index (χ0) is 15.5. The van der Waals surface area contributed by atoms with Gasteiger partial charge in [-0.1, -0.05) is 20.3 Å². The summed E-state index contributed by atoms with van der Waals surface area (Å²) in [4.78, 5) is 0.241. The number of nitrogens with two attached hydrogens (primary N) is 1. The Kier molecular flexibility index (Phi) is 5.11. The second-order valence-electron chi connectivity index (χ2n) is 5.49. The molecule has 2 unspecified atom stereocenters. The fraction of sp³-hybridized carbons (Fsp3) is 0.600. The maximum Gasteiger partial charge on any atom is 0.180 e. The lowest BCUT2D eigenvalue weighted by Gasteiger charge is -2.18. The van der Waals surface area contributed by atoms with Gasteiger partial charge in [0.1, 0.15) is 0 Å². The third-order valence-electron chi connectivity index (χ3n) is 3.86. The van der Waals surface area contributed by atoms with Crippen LogP contribution in [0.5, 0.6) is 11.5 Å². The van der Waals surface area contributed by atoms with Crippen LogP contribution >= 0.6 is 0 Å². The van der Waals surface area contributed by atoms with Crippen LogP contribution in [0.15, 0.2) is 23.1 Å². The molecule has 1 aliphatic rings. The van der Waals surface area contributed by atoms with E-state index < -0.39 is 9.84 Å². The van der Waals surface area contributed by atoms with Gasteiger partial charge in [-0.25, -0.2) is 8.42 Å². The summed E-state index contributed by atoms with van der Waals surface area (Å²) in [5.74, 6) is 1.20. The normalized spacial score (nSPS) is 17.9. The molecule has 2 atom stereocenters. The highest BCUT2D eigenvalue weighted by Gasteiger charge is 2.23. The SMILES string of the molecule is CCC(C)C(N)CS(=O)(=O)c1ccc2c(c1)OCCCO2. The van der Waals surface area contributed by atoms with Crippen LogP contribution in [-0.2, 0) is 9.84 Å². The van der Waals surface area contributed by atoms with Crippen LogP contribution in [0.2, 0.25) is 0 Å². The number of sulfone groups is 1. The van der Waals surface area contributed by atoms with Gasteiger partial charge in [-0.3, -0.25) is 0 Å². The smallest absolute Gasteiger partial charge is 0.180 e. The molecule has 0 amide bonds. The van der Waals surface area contributed by atoms with E-state index in [1.807, 2.05) is 13.8 Å². The molecule has 1 heterocycles. The summed E-state index contributed by atoms with van der Waals surface area (Å²) < 4.78 is 36.0. The molecule has 2 N–H and O–H groups in total. The first-order chi connectivity index (χ1) is 9.94. The Hall–Kier alpha value is -1.27. The molecule has 1 aromatic carbocycles. The molecule has 0 aliphatic carbocycles. The first kappa shape index (κ1) is 16.1. The van der Waals surface area contributed by atoms with Crippen molar-refractivity contribution in [2.75, 3.05) is 19.0 Å². The lowest BCUT2D eigenvalue weighted by atomic mass is 10.0. The van der Waals surface area contributed by atoms with E-state index in [0.29, 0.717) is 24.7 Å². The predicted molar refractivity (Wildman–Crippen MR) is 81.5 cm³/mol. The molecule has 0 spiro atoms. The van der Waals surface area contributed by atoms with E-state index in [9.17, 15) is 8.42 Å². The number of ether oxygens (including phenoxy) is 2. The Balaban J connectivity index is 2.22. The molecule has 6 heteroatoms. The molecule has 1 aliphatic heterocycles. The van der Waals surface area contributed by atoms with Crippen LogP contribution in [0.3, 0.4) is 0 Å². The summed E-state index contributed by atoms with van der Waals surface area (Å²) >= 11 is 0. The maximum atomic E-state index is 12.5.